The third-order valence-electron chi connectivity index (χ3n) is 9.98. The number of aromatic nitrogens is 1. The zero-order valence-corrected chi connectivity index (χ0v) is 32.4. The van der Waals surface area contributed by atoms with E-state index in [-0.39, 0.29) is 47.1 Å². The highest BCUT2D eigenvalue weighted by molar-refractivity contribution is 6.74. The Balaban J connectivity index is 1.59. The van der Waals surface area contributed by atoms with Gasteiger partial charge in [-0.05, 0) is 85.4 Å². The summed E-state index contributed by atoms with van der Waals surface area (Å²) in [7, 11) is -2.71. The highest BCUT2D eigenvalue weighted by Gasteiger charge is 2.49. The second-order valence-corrected chi connectivity index (χ2v) is 19.8. The lowest BCUT2D eigenvalue weighted by atomic mass is 9.94. The number of oxazole rings is 1. The molecular formula is C40H48F2N4O7Si. The normalized spacial score (nSPS) is 17.2. The zero-order chi connectivity index (χ0) is 39.2. The van der Waals surface area contributed by atoms with Crippen molar-refractivity contribution >= 4 is 31.9 Å². The van der Waals surface area contributed by atoms with E-state index >= 15 is 0 Å². The summed E-state index contributed by atoms with van der Waals surface area (Å²) in [5.41, 5.74) is 1.44. The summed E-state index contributed by atoms with van der Waals surface area (Å²) in [4.78, 5) is 45.9. The van der Waals surface area contributed by atoms with Crippen LogP contribution in [0.4, 0.5) is 19.3 Å². The zero-order valence-electron chi connectivity index (χ0n) is 31.4. The van der Waals surface area contributed by atoms with Crippen LogP contribution in [0.5, 0.6) is 0 Å². The summed E-state index contributed by atoms with van der Waals surface area (Å²) in [6, 6.07) is 14.6. The van der Waals surface area contributed by atoms with Crippen molar-refractivity contribution in [2.24, 2.45) is 0 Å². The molecule has 1 saturated heterocycles. The van der Waals surface area contributed by atoms with E-state index in [2.05, 4.69) is 15.6 Å². The number of hydrogen-bond donors (Lipinski definition) is 3. The van der Waals surface area contributed by atoms with Crippen LogP contribution in [0.2, 0.25) is 18.1 Å². The Bertz CT molecular complexity index is 1900. The number of carbonyl (C=O) groups excluding carboxylic acids is 2. The van der Waals surface area contributed by atoms with Crippen molar-refractivity contribution in [3.8, 4) is 11.5 Å². The summed E-state index contributed by atoms with van der Waals surface area (Å²) < 4.78 is 47.9. The predicted octanol–water partition coefficient (Wildman–Crippen LogP) is 8.15. The molecule has 1 aliphatic heterocycles. The molecule has 4 aromatic rings. The predicted molar refractivity (Wildman–Crippen MR) is 203 cm³/mol. The van der Waals surface area contributed by atoms with Gasteiger partial charge in [0.15, 0.2) is 8.32 Å². The number of hydrogen-bond acceptors (Lipinski definition) is 7. The maximum Gasteiger partial charge on any atom is 0.407 e. The summed E-state index contributed by atoms with van der Waals surface area (Å²) in [6.07, 6.45) is 1.20. The van der Waals surface area contributed by atoms with Crippen molar-refractivity contribution in [1.29, 1.82) is 0 Å². The molecule has 3 N–H and O–H groups in total. The van der Waals surface area contributed by atoms with Gasteiger partial charge in [0.2, 0.25) is 5.89 Å². The first-order valence-electron chi connectivity index (χ1n) is 18.0. The lowest BCUT2D eigenvalue weighted by Gasteiger charge is -2.44. The molecule has 54 heavy (non-hydrogen) atoms. The third kappa shape index (κ3) is 9.98. The van der Waals surface area contributed by atoms with Crippen LogP contribution in [-0.4, -0.2) is 78.7 Å². The SMILES string of the molecule is CCCOC1CC(C(O[Si](C)(C)C(C)(C)C)C(Cc2cc(F)cc(F)c2)NC(=O)c2cc(NC(=O)c3ccccc3)cc(-c3ncco3)c2)N(C(=O)O)C1. The molecule has 2 heterocycles. The van der Waals surface area contributed by atoms with E-state index < -0.39 is 62.2 Å². The lowest BCUT2D eigenvalue weighted by Crippen LogP contribution is -2.59. The highest BCUT2D eigenvalue weighted by atomic mass is 28.4. The molecule has 1 fully saturated rings. The van der Waals surface area contributed by atoms with E-state index in [1.807, 2.05) is 40.8 Å². The number of rotatable bonds is 14. The Hall–Kier alpha value is -4.92. The lowest BCUT2D eigenvalue weighted by molar-refractivity contribution is 0.0468. The van der Waals surface area contributed by atoms with Crippen LogP contribution in [0.25, 0.3) is 11.5 Å². The van der Waals surface area contributed by atoms with Crippen LogP contribution in [-0.2, 0) is 15.6 Å². The van der Waals surface area contributed by atoms with Gasteiger partial charge < -0.3 is 34.2 Å². The third-order valence-corrected chi connectivity index (χ3v) is 14.5. The van der Waals surface area contributed by atoms with Gasteiger partial charge in [-0.25, -0.2) is 18.6 Å². The fraction of sp³-hybridized carbons (Fsp3) is 0.400. The van der Waals surface area contributed by atoms with E-state index in [4.69, 9.17) is 13.6 Å². The Kier molecular flexibility index (Phi) is 12.7. The van der Waals surface area contributed by atoms with Crippen LogP contribution in [0.3, 0.4) is 0 Å². The van der Waals surface area contributed by atoms with Gasteiger partial charge >= 0.3 is 6.09 Å². The molecule has 0 saturated carbocycles. The molecule has 11 nitrogen and oxygen atoms in total. The van der Waals surface area contributed by atoms with Crippen LogP contribution < -0.4 is 10.6 Å². The van der Waals surface area contributed by atoms with Gasteiger partial charge in [-0.2, -0.15) is 0 Å². The number of amides is 3. The van der Waals surface area contributed by atoms with Gasteiger partial charge in [0.1, 0.15) is 17.9 Å². The Morgan fingerprint density at radius 1 is 1.02 bits per heavy atom. The van der Waals surface area contributed by atoms with Crippen molar-refractivity contribution < 1.29 is 41.9 Å². The van der Waals surface area contributed by atoms with E-state index in [1.54, 1.807) is 42.5 Å². The second kappa shape index (κ2) is 17.0. The molecule has 3 amide bonds. The summed E-state index contributed by atoms with van der Waals surface area (Å²) in [6.45, 7) is 12.7. The number of halogens is 2. The van der Waals surface area contributed by atoms with Gasteiger partial charge in [0.25, 0.3) is 11.8 Å². The minimum atomic E-state index is -2.71. The standard InChI is InChI=1S/C40H48F2N4O7Si/c1-7-14-51-32-23-34(46(24-32)39(49)50)35(53-54(5,6)40(2,3)4)33(18-25-16-29(41)22-30(42)17-25)45-37(48)27-19-28(38-43-13-15-52-38)21-31(20-27)44-36(47)26-11-9-8-10-12-26/h8-13,15-17,19-22,32-35H,7,14,18,23-24H2,1-6H3,(H,44,47)(H,45,48)(H,49,50). The maximum absolute atomic E-state index is 14.6. The molecule has 4 unspecified atom stereocenters. The number of benzene rings is 3. The van der Waals surface area contributed by atoms with Gasteiger partial charge in [0, 0.05) is 35.1 Å². The molecule has 4 atom stereocenters. The molecule has 1 aromatic heterocycles. The molecule has 14 heteroatoms. The molecule has 0 bridgehead atoms. The first-order chi connectivity index (χ1) is 25.5. The van der Waals surface area contributed by atoms with Gasteiger partial charge in [-0.3, -0.25) is 9.59 Å². The van der Waals surface area contributed by atoms with Crippen LogP contribution in [0, 0.1) is 11.6 Å². The first-order valence-corrected chi connectivity index (χ1v) is 20.9. The quantitative estimate of drug-likeness (QED) is 0.109. The maximum atomic E-state index is 14.6. The van der Waals surface area contributed by atoms with E-state index in [0.717, 1.165) is 12.5 Å². The molecule has 288 valence electrons. The highest BCUT2D eigenvalue weighted by Crippen LogP contribution is 2.40. The first kappa shape index (κ1) is 40.3. The van der Waals surface area contributed by atoms with Crippen LogP contribution >= 0.6 is 0 Å². The fourth-order valence-electron chi connectivity index (χ4n) is 6.31. The summed E-state index contributed by atoms with van der Waals surface area (Å²) in [5, 5.41) is 16.0. The molecular weight excluding hydrogens is 715 g/mol. The number of nitrogens with one attached hydrogen (secondary N) is 2. The number of carboxylic acid groups (broad SMARTS) is 1. The van der Waals surface area contributed by atoms with E-state index in [1.165, 1.54) is 35.6 Å². The smallest absolute Gasteiger partial charge is 0.407 e. The Morgan fingerprint density at radius 2 is 1.72 bits per heavy atom. The average Bonchev–Trinajstić information content (AvgIpc) is 3.80. The van der Waals surface area contributed by atoms with Crippen molar-refractivity contribution in [1.82, 2.24) is 15.2 Å². The Morgan fingerprint density at radius 3 is 2.33 bits per heavy atom. The Labute approximate surface area is 315 Å². The van der Waals surface area contributed by atoms with Gasteiger partial charge in [-0.15, -0.1) is 0 Å². The number of anilines is 1. The summed E-state index contributed by atoms with van der Waals surface area (Å²) in [5.74, 6) is -2.41. The van der Waals surface area contributed by atoms with Crippen molar-refractivity contribution in [2.75, 3.05) is 18.5 Å². The average molecular weight is 763 g/mol. The number of carbonyl (C=O) groups is 3. The topological polar surface area (TPSA) is 143 Å². The molecule has 3 aromatic carbocycles. The van der Waals surface area contributed by atoms with Gasteiger partial charge in [0.05, 0.1) is 37.0 Å². The van der Waals surface area contributed by atoms with Gasteiger partial charge in [-0.1, -0.05) is 45.9 Å². The van der Waals surface area contributed by atoms with Crippen LogP contribution in [0.1, 0.15) is 66.8 Å². The molecule has 5 rings (SSSR count). The molecule has 1 aliphatic rings. The number of likely N-dealkylation sites (tertiary alicyclic amines) is 1. The minimum Gasteiger partial charge on any atom is -0.465 e. The largest absolute Gasteiger partial charge is 0.465 e. The van der Waals surface area contributed by atoms with Crippen LogP contribution in [0.15, 0.2) is 83.6 Å². The fourth-order valence-corrected chi connectivity index (χ4v) is 7.66. The summed E-state index contributed by atoms with van der Waals surface area (Å²) >= 11 is 0. The van der Waals surface area contributed by atoms with E-state index in [9.17, 15) is 28.3 Å². The number of nitrogens with zero attached hydrogens (tertiary/aromatic N) is 2. The second-order valence-electron chi connectivity index (χ2n) is 15.1. The molecule has 0 spiro atoms. The molecule has 0 radical (unpaired) electrons. The number of ether oxygens (including phenoxy) is 1. The van der Waals surface area contributed by atoms with Crippen molar-refractivity contribution in [3.05, 3.63) is 108 Å². The van der Waals surface area contributed by atoms with Crippen molar-refractivity contribution in [3.63, 3.8) is 0 Å². The molecule has 0 aliphatic carbocycles. The van der Waals surface area contributed by atoms with Crippen molar-refractivity contribution in [2.45, 2.75) is 89.4 Å². The monoisotopic (exact) mass is 762 g/mol. The minimum absolute atomic E-state index is 0.0925. The van der Waals surface area contributed by atoms with E-state index in [0.29, 0.717) is 17.7 Å².